The summed E-state index contributed by atoms with van der Waals surface area (Å²) in [6, 6.07) is 1.67. The van der Waals surface area contributed by atoms with Crippen LogP contribution in [0.2, 0.25) is 10.0 Å². The molecule has 0 radical (unpaired) electrons. The Bertz CT molecular complexity index is 224. The van der Waals surface area contributed by atoms with Crippen LogP contribution in [-0.2, 0) is 0 Å². The average Bonchev–Trinajstić information content (AvgIpc) is 2.18. The summed E-state index contributed by atoms with van der Waals surface area (Å²) in [6.45, 7) is 9.83. The Kier molecular flexibility index (Phi) is 11.5. The normalized spacial score (nSPS) is 7.62. The van der Waals surface area contributed by atoms with Crippen molar-refractivity contribution >= 4 is 23.2 Å². The molecule has 1 nitrogen and oxygen atoms in total. The standard InChI is InChI=1S/C6H5Cl2N.2C2H6/c1-4-6(8)2-5(7)3-9-4;2*1-2/h2-3H,1H3;2*1-2H3. The summed E-state index contributed by atoms with van der Waals surface area (Å²) in [4.78, 5) is 3.91. The maximum atomic E-state index is 5.67. The van der Waals surface area contributed by atoms with Gasteiger partial charge in [-0.25, -0.2) is 0 Å². The molecule has 0 saturated heterocycles. The number of hydrogen-bond acceptors (Lipinski definition) is 1. The van der Waals surface area contributed by atoms with E-state index in [4.69, 9.17) is 23.2 Å². The van der Waals surface area contributed by atoms with Crippen molar-refractivity contribution in [3.05, 3.63) is 28.0 Å². The van der Waals surface area contributed by atoms with Crippen molar-refractivity contribution in [3.63, 3.8) is 0 Å². The largest absolute Gasteiger partial charge is 0.258 e. The summed E-state index contributed by atoms with van der Waals surface area (Å²) >= 11 is 11.2. The number of halogens is 2. The van der Waals surface area contributed by atoms with Gasteiger partial charge < -0.3 is 0 Å². The zero-order chi connectivity index (χ0) is 10.9. The Labute approximate surface area is 91.1 Å². The summed E-state index contributed by atoms with van der Waals surface area (Å²) < 4.78 is 0. The van der Waals surface area contributed by atoms with Gasteiger partial charge in [-0.3, -0.25) is 4.98 Å². The van der Waals surface area contributed by atoms with E-state index in [2.05, 4.69) is 4.98 Å². The van der Waals surface area contributed by atoms with Gasteiger partial charge in [-0.2, -0.15) is 0 Å². The molecule has 1 aromatic rings. The molecule has 0 aromatic carbocycles. The fourth-order valence-corrected chi connectivity index (χ4v) is 0.863. The summed E-state index contributed by atoms with van der Waals surface area (Å²) in [5.41, 5.74) is 0.807. The van der Waals surface area contributed by atoms with Gasteiger partial charge in [0.05, 0.1) is 15.7 Å². The summed E-state index contributed by atoms with van der Waals surface area (Å²) in [5.74, 6) is 0. The van der Waals surface area contributed by atoms with Crippen LogP contribution in [0.1, 0.15) is 33.4 Å². The van der Waals surface area contributed by atoms with E-state index < -0.39 is 0 Å². The molecule has 76 valence electrons. The number of aryl methyl sites for hydroxylation is 1. The predicted octanol–water partition coefficient (Wildman–Crippen LogP) is 4.75. The zero-order valence-electron chi connectivity index (χ0n) is 8.86. The molecule has 0 unspecified atom stereocenters. The van der Waals surface area contributed by atoms with E-state index in [9.17, 15) is 0 Å². The molecule has 0 aliphatic rings. The van der Waals surface area contributed by atoms with Crippen molar-refractivity contribution in [2.45, 2.75) is 34.6 Å². The van der Waals surface area contributed by atoms with Crippen molar-refractivity contribution in [2.75, 3.05) is 0 Å². The first kappa shape index (κ1) is 15.2. The molecule has 1 rings (SSSR count). The Morgan fingerprint density at radius 1 is 1.08 bits per heavy atom. The SMILES string of the molecule is CC.CC.Cc1ncc(Cl)cc1Cl. The van der Waals surface area contributed by atoms with E-state index in [0.29, 0.717) is 10.0 Å². The van der Waals surface area contributed by atoms with E-state index in [1.807, 2.05) is 34.6 Å². The third-order valence-electron chi connectivity index (χ3n) is 0.992. The fraction of sp³-hybridized carbons (Fsp3) is 0.500. The van der Waals surface area contributed by atoms with Gasteiger partial charge in [-0.05, 0) is 13.0 Å². The lowest BCUT2D eigenvalue weighted by atomic mass is 10.4. The van der Waals surface area contributed by atoms with Crippen LogP contribution in [0.15, 0.2) is 12.3 Å². The van der Waals surface area contributed by atoms with Crippen LogP contribution < -0.4 is 0 Å². The van der Waals surface area contributed by atoms with Gasteiger partial charge in [-0.1, -0.05) is 50.9 Å². The molecule has 0 atom stereocenters. The first-order valence-corrected chi connectivity index (χ1v) is 5.23. The topological polar surface area (TPSA) is 12.9 Å². The van der Waals surface area contributed by atoms with Gasteiger partial charge in [0.25, 0.3) is 0 Å². The second-order valence-corrected chi connectivity index (χ2v) is 2.56. The summed E-state index contributed by atoms with van der Waals surface area (Å²) in [6.07, 6.45) is 1.57. The number of rotatable bonds is 0. The van der Waals surface area contributed by atoms with Gasteiger partial charge >= 0.3 is 0 Å². The third-order valence-corrected chi connectivity index (χ3v) is 1.58. The minimum Gasteiger partial charge on any atom is -0.258 e. The average molecular weight is 222 g/mol. The maximum absolute atomic E-state index is 5.67. The second-order valence-electron chi connectivity index (χ2n) is 1.72. The summed E-state index contributed by atoms with van der Waals surface area (Å²) in [7, 11) is 0. The van der Waals surface area contributed by atoms with Gasteiger partial charge in [0, 0.05) is 6.20 Å². The molecule has 0 N–H and O–H groups in total. The quantitative estimate of drug-likeness (QED) is 0.617. The van der Waals surface area contributed by atoms with Crippen LogP contribution >= 0.6 is 23.2 Å². The molecule has 13 heavy (non-hydrogen) atoms. The van der Waals surface area contributed by atoms with Crippen molar-refractivity contribution < 1.29 is 0 Å². The lowest BCUT2D eigenvalue weighted by Gasteiger charge is -1.93. The lowest BCUT2D eigenvalue weighted by molar-refractivity contribution is 1.20. The van der Waals surface area contributed by atoms with Gasteiger partial charge in [0.1, 0.15) is 0 Å². The van der Waals surface area contributed by atoms with Crippen molar-refractivity contribution in [1.82, 2.24) is 4.98 Å². The molecule has 0 aliphatic heterocycles. The highest BCUT2D eigenvalue weighted by Crippen LogP contribution is 2.16. The Balaban J connectivity index is 0. The van der Waals surface area contributed by atoms with Crippen molar-refractivity contribution in [3.8, 4) is 0 Å². The van der Waals surface area contributed by atoms with Gasteiger partial charge in [0.2, 0.25) is 0 Å². The lowest BCUT2D eigenvalue weighted by Crippen LogP contribution is -1.79. The zero-order valence-corrected chi connectivity index (χ0v) is 10.4. The molecule has 0 saturated carbocycles. The van der Waals surface area contributed by atoms with E-state index in [-0.39, 0.29) is 0 Å². The predicted molar refractivity (Wildman–Crippen MR) is 61.7 cm³/mol. The number of nitrogens with zero attached hydrogens (tertiary/aromatic N) is 1. The van der Waals surface area contributed by atoms with Crippen LogP contribution in [0.3, 0.4) is 0 Å². The van der Waals surface area contributed by atoms with Crippen LogP contribution in [-0.4, -0.2) is 4.98 Å². The first-order chi connectivity index (χ1) is 6.20. The van der Waals surface area contributed by atoms with Crippen molar-refractivity contribution in [1.29, 1.82) is 0 Å². The minimum atomic E-state index is 0.575. The number of hydrogen-bond donors (Lipinski definition) is 0. The van der Waals surface area contributed by atoms with Crippen LogP contribution in [0.25, 0.3) is 0 Å². The molecule has 0 bridgehead atoms. The Hall–Kier alpha value is -0.270. The Morgan fingerprint density at radius 2 is 1.54 bits per heavy atom. The molecule has 1 heterocycles. The minimum absolute atomic E-state index is 0.575. The monoisotopic (exact) mass is 221 g/mol. The highest BCUT2D eigenvalue weighted by atomic mass is 35.5. The maximum Gasteiger partial charge on any atom is 0.0633 e. The van der Waals surface area contributed by atoms with E-state index >= 15 is 0 Å². The fourth-order valence-electron chi connectivity index (χ4n) is 0.483. The number of pyridine rings is 1. The van der Waals surface area contributed by atoms with E-state index in [0.717, 1.165) is 5.69 Å². The van der Waals surface area contributed by atoms with Crippen LogP contribution in [0.4, 0.5) is 0 Å². The second kappa shape index (κ2) is 9.82. The van der Waals surface area contributed by atoms with E-state index in [1.165, 1.54) is 0 Å². The highest BCUT2D eigenvalue weighted by molar-refractivity contribution is 6.34. The smallest absolute Gasteiger partial charge is 0.0633 e. The summed E-state index contributed by atoms with van der Waals surface area (Å²) in [5, 5.41) is 1.19. The molecule has 1 aromatic heterocycles. The highest BCUT2D eigenvalue weighted by Gasteiger charge is 1.94. The number of aromatic nitrogens is 1. The molecule has 0 fully saturated rings. The van der Waals surface area contributed by atoms with Crippen molar-refractivity contribution in [2.24, 2.45) is 0 Å². The molecular formula is C10H17Cl2N. The molecular weight excluding hydrogens is 205 g/mol. The van der Waals surface area contributed by atoms with E-state index in [1.54, 1.807) is 12.3 Å². The van der Waals surface area contributed by atoms with Crippen LogP contribution in [0.5, 0.6) is 0 Å². The Morgan fingerprint density at radius 3 is 1.85 bits per heavy atom. The van der Waals surface area contributed by atoms with Gasteiger partial charge in [-0.15, -0.1) is 0 Å². The molecule has 0 amide bonds. The van der Waals surface area contributed by atoms with Gasteiger partial charge in [0.15, 0.2) is 0 Å². The third kappa shape index (κ3) is 6.85. The molecule has 3 heteroatoms. The molecule has 0 aliphatic carbocycles. The first-order valence-electron chi connectivity index (χ1n) is 4.48. The van der Waals surface area contributed by atoms with Crippen LogP contribution in [0, 0.1) is 6.92 Å². The molecule has 0 spiro atoms.